The summed E-state index contributed by atoms with van der Waals surface area (Å²) in [7, 11) is -3.79. The number of sulfonamides is 1. The van der Waals surface area contributed by atoms with Crippen molar-refractivity contribution < 1.29 is 30.8 Å². The molecule has 0 saturated heterocycles. The summed E-state index contributed by atoms with van der Waals surface area (Å²) >= 11 is 6.03. The summed E-state index contributed by atoms with van der Waals surface area (Å²) in [6, 6.07) is 11.2. The fraction of sp³-hybridized carbons (Fsp3) is 0.182. The Labute approximate surface area is 198 Å². The summed E-state index contributed by atoms with van der Waals surface area (Å²) in [5.74, 6) is -2.51. The maximum atomic E-state index is 13.3. The van der Waals surface area contributed by atoms with Gasteiger partial charge in [0.1, 0.15) is 11.5 Å². The molecule has 1 heterocycles. The van der Waals surface area contributed by atoms with Crippen LogP contribution < -0.4 is 10.0 Å². The van der Waals surface area contributed by atoms with Gasteiger partial charge in [0, 0.05) is 11.2 Å². The lowest BCUT2D eigenvalue weighted by Gasteiger charge is -2.24. The highest BCUT2D eigenvalue weighted by atomic mass is 35.5. The molecule has 0 aliphatic rings. The van der Waals surface area contributed by atoms with Crippen LogP contribution >= 0.6 is 11.6 Å². The summed E-state index contributed by atoms with van der Waals surface area (Å²) in [6.07, 6.45) is -2.73. The van der Waals surface area contributed by atoms with Crippen LogP contribution in [0.15, 0.2) is 60.8 Å². The zero-order valence-electron chi connectivity index (χ0n) is 17.6. The number of carbonyl (C=O) groups is 1. The Morgan fingerprint density at radius 3 is 2.18 bits per heavy atom. The number of anilines is 1. The molecule has 180 valence electrons. The van der Waals surface area contributed by atoms with E-state index in [1.54, 1.807) is 0 Å². The molecule has 6 nitrogen and oxygen atoms in total. The number of nitrogens with two attached hydrogens (primary N) is 1. The normalized spacial score (nSPS) is 12.9. The van der Waals surface area contributed by atoms with Gasteiger partial charge in [0.2, 0.25) is 15.9 Å². The second-order valence-corrected chi connectivity index (χ2v) is 9.72. The van der Waals surface area contributed by atoms with Gasteiger partial charge in [-0.15, -0.1) is 0 Å². The predicted octanol–water partition coefficient (Wildman–Crippen LogP) is 4.48. The van der Waals surface area contributed by atoms with Gasteiger partial charge < -0.3 is 5.73 Å². The van der Waals surface area contributed by atoms with Crippen molar-refractivity contribution in [1.82, 2.24) is 4.98 Å². The lowest BCUT2D eigenvalue weighted by atomic mass is 9.91. The van der Waals surface area contributed by atoms with Gasteiger partial charge in [-0.05, 0) is 47.0 Å². The Morgan fingerprint density at radius 2 is 1.71 bits per heavy atom. The van der Waals surface area contributed by atoms with E-state index in [1.807, 2.05) is 0 Å². The van der Waals surface area contributed by atoms with Gasteiger partial charge in [0.25, 0.3) is 0 Å². The minimum absolute atomic E-state index is 0.0499. The van der Waals surface area contributed by atoms with Crippen molar-refractivity contribution in [3.8, 4) is 0 Å². The minimum atomic E-state index is -4.63. The van der Waals surface area contributed by atoms with Crippen LogP contribution in [0, 0.1) is 5.82 Å². The molecule has 2 aromatic carbocycles. The van der Waals surface area contributed by atoms with Crippen LogP contribution in [-0.2, 0) is 27.5 Å². The number of rotatable bonds is 7. The molecule has 3 aromatic rings. The predicted molar refractivity (Wildman–Crippen MR) is 119 cm³/mol. The maximum absolute atomic E-state index is 13.3. The zero-order valence-corrected chi connectivity index (χ0v) is 19.1. The van der Waals surface area contributed by atoms with E-state index in [-0.39, 0.29) is 22.8 Å². The Hall–Kier alpha value is -3.18. The standard InChI is InChI=1S/C22H18ClF4N3O3S/c1-34(32,33)30(12-15-2-6-16(24)10-18(15)23)17-7-3-13(4-8-17)20(21(28)31)14-5-9-19(29-11-14)22(25,26)27/h2-11,20H,12H2,1H3,(H2,28,31). The molecule has 1 atom stereocenters. The monoisotopic (exact) mass is 515 g/mol. The fourth-order valence-electron chi connectivity index (χ4n) is 3.30. The van der Waals surface area contributed by atoms with Crippen LogP contribution in [0.2, 0.25) is 5.02 Å². The lowest BCUT2D eigenvalue weighted by Crippen LogP contribution is -2.29. The Balaban J connectivity index is 1.94. The number of hydrogen-bond acceptors (Lipinski definition) is 4. The van der Waals surface area contributed by atoms with E-state index in [0.717, 1.165) is 41.0 Å². The van der Waals surface area contributed by atoms with Gasteiger partial charge in [-0.1, -0.05) is 35.9 Å². The van der Waals surface area contributed by atoms with E-state index in [0.29, 0.717) is 11.1 Å². The fourth-order valence-corrected chi connectivity index (χ4v) is 4.41. The largest absolute Gasteiger partial charge is 0.433 e. The topological polar surface area (TPSA) is 93.4 Å². The smallest absolute Gasteiger partial charge is 0.369 e. The molecule has 1 aromatic heterocycles. The van der Waals surface area contributed by atoms with Crippen molar-refractivity contribution >= 4 is 33.2 Å². The molecule has 0 aliphatic heterocycles. The average molecular weight is 516 g/mol. The van der Waals surface area contributed by atoms with Crippen molar-refractivity contribution in [2.24, 2.45) is 5.73 Å². The number of amides is 1. The van der Waals surface area contributed by atoms with Gasteiger partial charge in [-0.25, -0.2) is 12.8 Å². The highest BCUT2D eigenvalue weighted by Crippen LogP contribution is 2.31. The molecular formula is C22H18ClF4N3O3S. The third-order valence-corrected chi connectivity index (χ3v) is 6.43. The third kappa shape index (κ3) is 5.84. The molecular weight excluding hydrogens is 498 g/mol. The number of carbonyl (C=O) groups excluding carboxylic acids is 1. The van der Waals surface area contributed by atoms with Gasteiger partial charge in [-0.3, -0.25) is 14.1 Å². The van der Waals surface area contributed by atoms with Crippen molar-refractivity contribution in [1.29, 1.82) is 0 Å². The second kappa shape index (κ2) is 9.59. The van der Waals surface area contributed by atoms with E-state index in [4.69, 9.17) is 17.3 Å². The molecule has 0 saturated carbocycles. The van der Waals surface area contributed by atoms with E-state index in [9.17, 15) is 30.8 Å². The first kappa shape index (κ1) is 25.4. The van der Waals surface area contributed by atoms with Crippen LogP contribution in [0.4, 0.5) is 23.2 Å². The lowest BCUT2D eigenvalue weighted by molar-refractivity contribution is -0.141. The molecule has 1 unspecified atom stereocenters. The number of benzene rings is 2. The third-order valence-electron chi connectivity index (χ3n) is 4.94. The highest BCUT2D eigenvalue weighted by molar-refractivity contribution is 7.92. The van der Waals surface area contributed by atoms with E-state index in [2.05, 4.69) is 4.98 Å². The summed E-state index contributed by atoms with van der Waals surface area (Å²) in [4.78, 5) is 15.4. The molecule has 0 radical (unpaired) electrons. The molecule has 0 aliphatic carbocycles. The molecule has 3 rings (SSSR count). The van der Waals surface area contributed by atoms with Crippen LogP contribution in [0.3, 0.4) is 0 Å². The number of primary amides is 1. The molecule has 2 N–H and O–H groups in total. The van der Waals surface area contributed by atoms with Crippen molar-refractivity contribution in [2.45, 2.75) is 18.6 Å². The summed E-state index contributed by atoms with van der Waals surface area (Å²) in [5.41, 5.74) is 5.43. The quantitative estimate of drug-likeness (QED) is 0.470. The van der Waals surface area contributed by atoms with Crippen LogP contribution in [0.25, 0.3) is 0 Å². The molecule has 0 bridgehead atoms. The van der Waals surface area contributed by atoms with Crippen LogP contribution in [-0.4, -0.2) is 25.6 Å². The van der Waals surface area contributed by atoms with Gasteiger partial charge in [0.15, 0.2) is 0 Å². The number of halogens is 5. The minimum Gasteiger partial charge on any atom is -0.369 e. The summed E-state index contributed by atoms with van der Waals surface area (Å²) in [5, 5.41) is 0.0499. The molecule has 12 heteroatoms. The number of pyridine rings is 1. The van der Waals surface area contributed by atoms with Crippen molar-refractivity contribution in [3.05, 3.63) is 94.0 Å². The Bertz CT molecular complexity index is 1300. The molecule has 0 spiro atoms. The first-order chi connectivity index (χ1) is 15.8. The number of alkyl halides is 3. The van der Waals surface area contributed by atoms with Crippen molar-refractivity contribution in [2.75, 3.05) is 10.6 Å². The first-order valence-electron chi connectivity index (χ1n) is 9.61. The number of aromatic nitrogens is 1. The zero-order chi connectivity index (χ0) is 25.3. The second-order valence-electron chi connectivity index (χ2n) is 7.41. The van der Waals surface area contributed by atoms with Gasteiger partial charge >= 0.3 is 6.18 Å². The van der Waals surface area contributed by atoms with Crippen molar-refractivity contribution in [3.63, 3.8) is 0 Å². The van der Waals surface area contributed by atoms with Crippen LogP contribution in [0.1, 0.15) is 28.3 Å². The Morgan fingerprint density at radius 1 is 1.09 bits per heavy atom. The molecule has 0 fully saturated rings. The molecule has 34 heavy (non-hydrogen) atoms. The first-order valence-corrected chi connectivity index (χ1v) is 11.8. The van der Waals surface area contributed by atoms with E-state index in [1.165, 1.54) is 30.3 Å². The van der Waals surface area contributed by atoms with Crippen LogP contribution in [0.5, 0.6) is 0 Å². The molecule has 1 amide bonds. The number of nitrogens with zero attached hydrogens (tertiary/aromatic N) is 2. The number of hydrogen-bond donors (Lipinski definition) is 1. The van der Waals surface area contributed by atoms with E-state index >= 15 is 0 Å². The van der Waals surface area contributed by atoms with Gasteiger partial charge in [-0.2, -0.15) is 13.2 Å². The average Bonchev–Trinajstić information content (AvgIpc) is 2.73. The summed E-state index contributed by atoms with van der Waals surface area (Å²) in [6.45, 7) is -0.181. The summed E-state index contributed by atoms with van der Waals surface area (Å²) < 4.78 is 77.5. The Kier molecular flexibility index (Phi) is 7.18. The van der Waals surface area contributed by atoms with E-state index < -0.39 is 39.5 Å². The maximum Gasteiger partial charge on any atom is 0.433 e. The van der Waals surface area contributed by atoms with Gasteiger partial charge in [0.05, 0.1) is 24.4 Å². The SMILES string of the molecule is CS(=O)(=O)N(Cc1ccc(F)cc1Cl)c1ccc(C(C(N)=O)c2ccc(C(F)(F)F)nc2)cc1. The highest BCUT2D eigenvalue weighted by Gasteiger charge is 2.33.